The normalized spacial score (nSPS) is 14.6. The summed E-state index contributed by atoms with van der Waals surface area (Å²) in [5, 5.41) is 46.4. The third kappa shape index (κ3) is 21.2. The topological polar surface area (TPSA) is 150 Å². The van der Waals surface area contributed by atoms with E-state index >= 15 is 0 Å². The maximum absolute atomic E-state index is 10.3. The number of aromatic nitrogens is 3. The van der Waals surface area contributed by atoms with Gasteiger partial charge in [-0.15, -0.1) is 0 Å². The predicted octanol–water partition coefficient (Wildman–Crippen LogP) is 26.5. The van der Waals surface area contributed by atoms with Crippen LogP contribution in [0.25, 0.3) is 103 Å². The molecule has 0 radical (unpaired) electrons. The van der Waals surface area contributed by atoms with E-state index in [-0.39, 0.29) is 78.1 Å². The van der Waals surface area contributed by atoms with Gasteiger partial charge in [0.05, 0.1) is 115 Å². The van der Waals surface area contributed by atoms with Crippen LogP contribution in [0.2, 0.25) is 0 Å². The van der Waals surface area contributed by atoms with Crippen molar-refractivity contribution in [1.29, 1.82) is 15.8 Å². The van der Waals surface area contributed by atoms with E-state index < -0.39 is 48.5 Å². The Labute approximate surface area is 927 Å². The molecule has 3 aliphatic rings. The standard InChI is InChI=1S/C44H29N3Si.C25H23BN2O2.C25H18BrNSi.C19H11BrN2.C12H24B2O4.2CH4.2Pd/c1-46-35-27-34(33-25-32(31-45)26-36(28-33)47-43-23-13-11-21-41(43)42-22-12-14-24-44(42)47)29-40(30-35)48(37-15-5-2-6-16-37,38-17-7-3-8-18-38)39-19-9-4-10-20-39;1-24(2)25(3,4)30-26(29-24)18-13-17(16-27)14-19(15-18)28-22-11-7-5-9-20(22)21-10-6-8-12-23(21)28;1-27-21-17-20(26)18-25(19-21)28(22-11-5-2-6-12-22,23-13-7-3-8-14-23)24-15-9-4-10-16-24;20-14-9-13(12-21)10-15(11-14)22-18-7-3-1-5-16(18)17-6-2-4-8-19(17)22;1-9(2)10(3,4)16-13(15-9)14-17-11(5,6)12(7,8)18-14;;;;/h2-30H;5-15H,1-4H3;2-19H;1-11H;1-8H3;2*1H4;;. The van der Waals surface area contributed by atoms with E-state index in [1.807, 2.05) is 162 Å². The second-order valence-corrected chi connectivity index (χ2v) is 49.4. The minimum Gasteiger partial charge on any atom is -0.405 e. The summed E-state index contributed by atoms with van der Waals surface area (Å²) in [6.45, 7) is 40.1. The fraction of sp³-hybridized carbons (Fsp3) is 0.157. The van der Waals surface area contributed by atoms with Gasteiger partial charge in [0.25, 0.3) is 0 Å². The number of rotatable bonds is 14. The third-order valence-electron chi connectivity index (χ3n) is 29.4. The Morgan fingerprint density at radius 3 is 0.800 bits per heavy atom. The van der Waals surface area contributed by atoms with Gasteiger partial charge >= 0.3 is 21.1 Å². The second-order valence-electron chi connectivity index (χ2n) is 39.9. The quantitative estimate of drug-likeness (QED) is 0.0589. The molecule has 20 aromatic rings. The summed E-state index contributed by atoms with van der Waals surface area (Å²) in [6, 6.07) is 152. The number of benzene rings is 17. The summed E-state index contributed by atoms with van der Waals surface area (Å²) in [4.78, 5) is 7.74. The van der Waals surface area contributed by atoms with E-state index in [1.54, 1.807) is 0 Å². The fourth-order valence-corrected chi connectivity index (χ4v) is 31.1. The number of nitriles is 3. The molecule has 0 amide bonds. The Hall–Kier alpha value is -13.7. The molecule has 3 fully saturated rings. The van der Waals surface area contributed by atoms with Crippen LogP contribution in [0.5, 0.6) is 0 Å². The van der Waals surface area contributed by atoms with Crippen LogP contribution in [-0.4, -0.2) is 84.6 Å². The van der Waals surface area contributed by atoms with Gasteiger partial charge in [-0.2, -0.15) is 15.8 Å². The maximum atomic E-state index is 10.3. The number of fused-ring (bicyclic) bond motifs is 9. The average molecular weight is 2310 g/mol. The Kier molecular flexibility index (Phi) is 33.6. The second kappa shape index (κ2) is 45.6. The number of halogens is 2. The number of nitrogens with zero attached hydrogens (tertiary/aromatic N) is 8. The summed E-state index contributed by atoms with van der Waals surface area (Å²) in [5.74, 6) is 0. The van der Waals surface area contributed by atoms with Crippen LogP contribution in [0.3, 0.4) is 0 Å². The Morgan fingerprint density at radius 1 is 0.260 bits per heavy atom. The predicted molar refractivity (Wildman–Crippen MR) is 625 cm³/mol. The van der Waals surface area contributed by atoms with E-state index in [4.69, 9.17) is 41.1 Å². The number of hydrogen-bond donors (Lipinski definition) is 0. The molecule has 17 aromatic carbocycles. The minimum atomic E-state index is -2.89. The molecule has 0 spiro atoms. The van der Waals surface area contributed by atoms with Gasteiger partial charge in [-0.05, 0) is 234 Å². The van der Waals surface area contributed by atoms with Crippen LogP contribution in [0.4, 0.5) is 11.4 Å². The molecule has 150 heavy (non-hydrogen) atoms. The molecule has 3 aliphatic heterocycles. The summed E-state index contributed by atoms with van der Waals surface area (Å²) < 4.78 is 44.9. The van der Waals surface area contributed by atoms with Crippen molar-refractivity contribution in [2.45, 2.75) is 132 Å². The molecule has 6 heterocycles. The first-order valence-corrected chi connectivity index (χ1v) is 54.4. The van der Waals surface area contributed by atoms with E-state index in [0.717, 1.165) is 80.9 Å². The molecule has 14 nitrogen and oxygen atoms in total. The van der Waals surface area contributed by atoms with Crippen molar-refractivity contribution < 1.29 is 68.8 Å². The van der Waals surface area contributed by atoms with Gasteiger partial charge in [0.2, 0.25) is 0 Å². The molecule has 748 valence electrons. The van der Waals surface area contributed by atoms with Crippen molar-refractivity contribution in [1.82, 2.24) is 13.7 Å². The van der Waals surface area contributed by atoms with Gasteiger partial charge in [-0.25, -0.2) is 9.69 Å². The molecule has 0 aliphatic carbocycles. The van der Waals surface area contributed by atoms with E-state index in [2.05, 4.69) is 413 Å². The summed E-state index contributed by atoms with van der Waals surface area (Å²) in [7, 11) is -6.91. The molecule has 0 N–H and O–H groups in total. The Balaban J connectivity index is 0.000000145. The number of para-hydroxylation sites is 6. The van der Waals surface area contributed by atoms with Crippen LogP contribution >= 0.6 is 31.9 Å². The van der Waals surface area contributed by atoms with Crippen LogP contribution < -0.4 is 47.0 Å². The van der Waals surface area contributed by atoms with Crippen LogP contribution in [-0.2, 0) is 68.8 Å². The van der Waals surface area contributed by atoms with Crippen molar-refractivity contribution in [3.05, 3.63) is 467 Å². The van der Waals surface area contributed by atoms with Crippen molar-refractivity contribution in [2.24, 2.45) is 0 Å². The van der Waals surface area contributed by atoms with Crippen molar-refractivity contribution in [3.8, 4) is 46.4 Å². The van der Waals surface area contributed by atoms with Crippen molar-refractivity contribution >= 4 is 193 Å². The molecule has 23 heteroatoms. The minimum absolute atomic E-state index is 0. The molecular weight excluding hydrogens is 2190 g/mol. The molecule has 0 unspecified atom stereocenters. The molecule has 0 saturated carbocycles. The molecule has 3 saturated heterocycles. The first kappa shape index (κ1) is 110. The fourth-order valence-electron chi connectivity index (χ4n) is 20.3. The van der Waals surface area contributed by atoms with E-state index in [0.29, 0.717) is 28.1 Å². The maximum Gasteiger partial charge on any atom is 0.494 e. The largest absolute Gasteiger partial charge is 0.494 e. The summed E-state index contributed by atoms with van der Waals surface area (Å²) >= 11 is 7.15. The third-order valence-corrected chi connectivity index (χ3v) is 39.9. The molecule has 0 atom stereocenters. The first-order valence-electron chi connectivity index (χ1n) is 48.8. The summed E-state index contributed by atoms with van der Waals surface area (Å²) in [6.07, 6.45) is 0. The van der Waals surface area contributed by atoms with Gasteiger partial charge in [0.15, 0.2) is 27.5 Å². The van der Waals surface area contributed by atoms with Crippen LogP contribution in [0.15, 0.2) is 428 Å². The molecular formula is C127H113B3Br2N8O6Pd2Si2. The van der Waals surface area contributed by atoms with Crippen molar-refractivity contribution in [3.63, 3.8) is 0 Å². The van der Waals surface area contributed by atoms with Gasteiger partial charge in [0.1, 0.15) is 0 Å². The van der Waals surface area contributed by atoms with Gasteiger partial charge in [0, 0.05) is 99.2 Å². The SMILES string of the molecule is C.C.CC1(C)OB(B2OC(C)(C)C(C)(C)O2)OC1(C)C.CC1(C)OB(c2cc(C#N)cc(-n3c4ccccc4c4ccccc43)c2)OC1(C)C.N#Cc1cc(Br)cc(-n2c3ccccc3c3ccccc32)c1.[C-]#[N+]c1cc(-c2cc(C#N)cc(-n3c4ccccc4c4ccccc43)c2)cc([Si](c2ccccc2)(c2ccccc2)c2ccccc2)c1.[C-]#[N+]c1cc(Br)cc([Si](c2ccccc2)(c2ccccc2)c2ccccc2)c1.[Pd].[Pd]. The monoisotopic (exact) mass is 2300 g/mol. The van der Waals surface area contributed by atoms with Gasteiger partial charge in [-0.3, -0.25) is 0 Å². The molecule has 23 rings (SSSR count). The van der Waals surface area contributed by atoms with Crippen LogP contribution in [0.1, 0.15) is 115 Å². The zero-order chi connectivity index (χ0) is 102. The Bertz CT molecular complexity index is 8130. The zero-order valence-electron chi connectivity index (χ0n) is 84.0. The van der Waals surface area contributed by atoms with E-state index in [1.165, 1.54) is 68.6 Å². The molecule has 0 bridgehead atoms. The number of hydrogen-bond acceptors (Lipinski definition) is 9. The Morgan fingerprint density at radius 2 is 0.500 bits per heavy atom. The van der Waals surface area contributed by atoms with Crippen LogP contribution in [0, 0.1) is 47.1 Å². The average Bonchev–Trinajstić information content (AvgIpc) is 0.805. The van der Waals surface area contributed by atoms with Gasteiger partial charge < -0.3 is 41.6 Å². The smallest absolute Gasteiger partial charge is 0.405 e. The molecule has 3 aromatic heterocycles. The first-order chi connectivity index (χ1) is 70.4. The van der Waals surface area contributed by atoms with Crippen molar-refractivity contribution in [2.75, 3.05) is 0 Å². The van der Waals surface area contributed by atoms with E-state index in [9.17, 15) is 15.8 Å². The summed E-state index contributed by atoms with van der Waals surface area (Å²) in [5.41, 5.74) is 12.9. The zero-order valence-corrected chi connectivity index (χ0v) is 92.3. The van der Waals surface area contributed by atoms with Gasteiger partial charge in [-0.1, -0.05) is 373 Å².